The van der Waals surface area contributed by atoms with Crippen molar-refractivity contribution in [1.29, 1.82) is 0 Å². The molecule has 0 saturated carbocycles. The zero-order chi connectivity index (χ0) is 14.3. The highest BCUT2D eigenvalue weighted by Crippen LogP contribution is 2.33. The molecule has 3 rings (SSSR count). The fraction of sp³-hybridized carbons (Fsp3) is 0.0667. The average molecular weight is 356 g/mol. The van der Waals surface area contributed by atoms with Crippen LogP contribution in [-0.2, 0) is 0 Å². The second-order valence-electron chi connectivity index (χ2n) is 4.35. The van der Waals surface area contributed by atoms with Crippen LogP contribution in [0.25, 0.3) is 11.0 Å². The van der Waals surface area contributed by atoms with Crippen LogP contribution in [0.3, 0.4) is 0 Å². The molecule has 1 atom stereocenters. The molecule has 0 fully saturated rings. The van der Waals surface area contributed by atoms with Gasteiger partial charge in [-0.25, -0.2) is 4.39 Å². The Labute approximate surface area is 127 Å². The molecule has 5 heteroatoms. The molecule has 2 aromatic carbocycles. The molecular weight excluding hydrogens is 347 g/mol. The maximum Gasteiger partial charge on any atom is 0.153 e. The van der Waals surface area contributed by atoms with Crippen LogP contribution in [0, 0.1) is 5.82 Å². The quantitative estimate of drug-likeness (QED) is 0.696. The molecule has 3 aromatic rings. The molecule has 0 amide bonds. The fourth-order valence-electron chi connectivity index (χ4n) is 2.07. The van der Waals surface area contributed by atoms with Gasteiger partial charge in [-0.3, -0.25) is 0 Å². The van der Waals surface area contributed by atoms with Crippen LogP contribution in [0.2, 0.25) is 5.02 Å². The number of aliphatic hydroxyl groups excluding tert-OH is 1. The normalized spacial score (nSPS) is 12.8. The first kappa shape index (κ1) is 13.6. The van der Waals surface area contributed by atoms with Gasteiger partial charge in [0.1, 0.15) is 17.7 Å². The van der Waals surface area contributed by atoms with E-state index in [1.54, 1.807) is 30.3 Å². The summed E-state index contributed by atoms with van der Waals surface area (Å²) in [5.74, 6) is -0.253. The molecule has 20 heavy (non-hydrogen) atoms. The molecule has 1 heterocycles. The summed E-state index contributed by atoms with van der Waals surface area (Å²) in [6.45, 7) is 0. The van der Waals surface area contributed by atoms with Gasteiger partial charge in [-0.15, -0.1) is 0 Å². The van der Waals surface area contributed by atoms with Gasteiger partial charge in [0.2, 0.25) is 0 Å². The van der Waals surface area contributed by atoms with Crippen LogP contribution in [-0.4, -0.2) is 5.11 Å². The third kappa shape index (κ3) is 2.24. The molecule has 1 unspecified atom stereocenters. The first-order valence-corrected chi connectivity index (χ1v) is 7.05. The van der Waals surface area contributed by atoms with Crippen molar-refractivity contribution in [2.75, 3.05) is 0 Å². The molecule has 0 aliphatic heterocycles. The number of para-hydroxylation sites is 1. The Morgan fingerprint density at radius 1 is 1.20 bits per heavy atom. The Hall–Kier alpha value is -1.36. The van der Waals surface area contributed by atoms with E-state index in [9.17, 15) is 9.50 Å². The summed E-state index contributed by atoms with van der Waals surface area (Å²) in [5.41, 5.74) is 0.633. The number of halogens is 3. The molecule has 1 aromatic heterocycles. The minimum absolute atomic E-state index is 0.148. The van der Waals surface area contributed by atoms with E-state index < -0.39 is 11.9 Å². The van der Waals surface area contributed by atoms with Gasteiger partial charge in [0, 0.05) is 10.9 Å². The third-order valence-electron chi connectivity index (χ3n) is 3.06. The van der Waals surface area contributed by atoms with Crippen molar-refractivity contribution in [3.8, 4) is 0 Å². The molecular formula is C15H9BrClFO2. The van der Waals surface area contributed by atoms with Gasteiger partial charge in [0.05, 0.1) is 9.50 Å². The molecule has 1 N–H and O–H groups in total. The number of hydrogen-bond donors (Lipinski definition) is 1. The van der Waals surface area contributed by atoms with E-state index in [2.05, 4.69) is 15.9 Å². The molecule has 0 bridgehead atoms. The maximum absolute atomic E-state index is 14.0. The topological polar surface area (TPSA) is 33.4 Å². The van der Waals surface area contributed by atoms with Crippen molar-refractivity contribution in [2.24, 2.45) is 0 Å². The van der Waals surface area contributed by atoms with Crippen molar-refractivity contribution in [2.45, 2.75) is 6.10 Å². The van der Waals surface area contributed by atoms with Gasteiger partial charge in [-0.05, 0) is 34.1 Å². The zero-order valence-corrected chi connectivity index (χ0v) is 12.5. The van der Waals surface area contributed by atoms with E-state index in [0.29, 0.717) is 15.1 Å². The second-order valence-corrected chi connectivity index (χ2v) is 5.61. The Kier molecular flexibility index (Phi) is 3.54. The molecule has 0 spiro atoms. The van der Waals surface area contributed by atoms with Gasteiger partial charge in [-0.2, -0.15) is 0 Å². The van der Waals surface area contributed by atoms with Crippen molar-refractivity contribution in [3.63, 3.8) is 0 Å². The van der Waals surface area contributed by atoms with Crippen LogP contribution in [0.1, 0.15) is 17.4 Å². The zero-order valence-electron chi connectivity index (χ0n) is 10.1. The van der Waals surface area contributed by atoms with Crippen LogP contribution >= 0.6 is 27.5 Å². The predicted octanol–water partition coefficient (Wildman–Crippen LogP) is 5.07. The van der Waals surface area contributed by atoms with Crippen LogP contribution in [0.5, 0.6) is 0 Å². The van der Waals surface area contributed by atoms with Gasteiger partial charge in [0.25, 0.3) is 0 Å². The number of furan rings is 1. The van der Waals surface area contributed by atoms with Gasteiger partial charge < -0.3 is 9.52 Å². The van der Waals surface area contributed by atoms with Gasteiger partial charge in [0.15, 0.2) is 5.58 Å². The van der Waals surface area contributed by atoms with Crippen LogP contribution in [0.4, 0.5) is 4.39 Å². The van der Waals surface area contributed by atoms with Crippen LogP contribution < -0.4 is 0 Å². The fourth-order valence-corrected chi connectivity index (χ4v) is 2.67. The third-order valence-corrected chi connectivity index (χ3v) is 3.97. The van der Waals surface area contributed by atoms with E-state index in [4.69, 9.17) is 16.0 Å². The number of benzene rings is 2. The summed E-state index contributed by atoms with van der Waals surface area (Å²) in [4.78, 5) is 0. The predicted molar refractivity (Wildman–Crippen MR) is 79.4 cm³/mol. The van der Waals surface area contributed by atoms with Crippen molar-refractivity contribution >= 4 is 38.5 Å². The Morgan fingerprint density at radius 3 is 2.70 bits per heavy atom. The lowest BCUT2D eigenvalue weighted by Gasteiger charge is -2.09. The number of fused-ring (bicyclic) bond motifs is 1. The van der Waals surface area contributed by atoms with E-state index in [-0.39, 0.29) is 11.3 Å². The first-order valence-electron chi connectivity index (χ1n) is 5.88. The minimum atomic E-state index is -1.18. The maximum atomic E-state index is 14.0. The largest absolute Gasteiger partial charge is 0.456 e. The molecule has 0 saturated heterocycles. The molecule has 2 nitrogen and oxygen atoms in total. The highest BCUT2D eigenvalue weighted by atomic mass is 79.9. The first-order chi connectivity index (χ1) is 9.58. The van der Waals surface area contributed by atoms with Crippen LogP contribution in [0.15, 0.2) is 51.4 Å². The minimum Gasteiger partial charge on any atom is -0.456 e. The van der Waals surface area contributed by atoms with Gasteiger partial charge in [-0.1, -0.05) is 35.9 Å². The number of hydrogen-bond acceptors (Lipinski definition) is 2. The number of rotatable bonds is 2. The standard InChI is InChI=1S/C15H9BrClFO2/c16-10-5-2-4-9(13(10)18)14(19)12-7-8-3-1-6-11(17)15(8)20-12/h1-7,14,19H. The highest BCUT2D eigenvalue weighted by molar-refractivity contribution is 9.10. The Bertz CT molecular complexity index is 785. The molecule has 0 aliphatic rings. The number of aliphatic hydroxyl groups is 1. The molecule has 0 radical (unpaired) electrons. The van der Waals surface area contributed by atoms with Crippen molar-refractivity contribution in [1.82, 2.24) is 0 Å². The summed E-state index contributed by atoms with van der Waals surface area (Å²) in [7, 11) is 0. The molecule has 0 aliphatic carbocycles. The van der Waals surface area contributed by atoms with E-state index >= 15 is 0 Å². The van der Waals surface area contributed by atoms with E-state index in [0.717, 1.165) is 5.39 Å². The second kappa shape index (κ2) is 5.20. The lowest BCUT2D eigenvalue weighted by Crippen LogP contribution is -2.01. The lowest BCUT2D eigenvalue weighted by atomic mass is 10.1. The van der Waals surface area contributed by atoms with E-state index in [1.807, 2.05) is 6.07 Å². The lowest BCUT2D eigenvalue weighted by molar-refractivity contribution is 0.187. The highest BCUT2D eigenvalue weighted by Gasteiger charge is 2.20. The summed E-state index contributed by atoms with van der Waals surface area (Å²) >= 11 is 9.12. The monoisotopic (exact) mass is 354 g/mol. The van der Waals surface area contributed by atoms with Crippen molar-refractivity contribution in [3.05, 3.63) is 69.1 Å². The summed E-state index contributed by atoms with van der Waals surface area (Å²) in [5, 5.41) is 11.5. The van der Waals surface area contributed by atoms with Gasteiger partial charge >= 0.3 is 0 Å². The Balaban J connectivity index is 2.10. The Morgan fingerprint density at radius 2 is 1.95 bits per heavy atom. The smallest absolute Gasteiger partial charge is 0.153 e. The SMILES string of the molecule is OC(c1cc2cccc(Cl)c2o1)c1cccc(Br)c1F. The summed E-state index contributed by atoms with van der Waals surface area (Å²) in [6.07, 6.45) is -1.18. The molecule has 102 valence electrons. The summed E-state index contributed by atoms with van der Waals surface area (Å²) < 4.78 is 19.8. The van der Waals surface area contributed by atoms with E-state index in [1.165, 1.54) is 6.07 Å². The average Bonchev–Trinajstić information content (AvgIpc) is 2.87. The van der Waals surface area contributed by atoms with Crippen molar-refractivity contribution < 1.29 is 13.9 Å². The summed E-state index contributed by atoms with van der Waals surface area (Å²) in [6, 6.07) is 11.7.